The van der Waals surface area contributed by atoms with Gasteiger partial charge in [-0.2, -0.15) is 5.10 Å². The molecule has 14 heavy (non-hydrogen) atoms. The van der Waals surface area contributed by atoms with Crippen LogP contribution in [0.1, 0.15) is 23.9 Å². The largest absolute Gasteiger partial charge is 0.375 e. The maximum Gasteiger partial charge on any atom is 0.0999 e. The van der Waals surface area contributed by atoms with Crippen LogP contribution in [-0.4, -0.2) is 30.5 Å². The van der Waals surface area contributed by atoms with Crippen LogP contribution in [0.3, 0.4) is 0 Å². The molecule has 1 atom stereocenters. The summed E-state index contributed by atoms with van der Waals surface area (Å²) in [7, 11) is 5.64. The number of aryl methyl sites for hydroxylation is 2. The summed E-state index contributed by atoms with van der Waals surface area (Å²) in [6.45, 7) is 2.94. The summed E-state index contributed by atoms with van der Waals surface area (Å²) >= 11 is 0. The van der Waals surface area contributed by atoms with E-state index in [-0.39, 0.29) is 6.10 Å². The molecular formula is C10H19N3O. The molecule has 80 valence electrons. The lowest BCUT2D eigenvalue weighted by Gasteiger charge is -2.14. The zero-order valence-corrected chi connectivity index (χ0v) is 9.37. The molecule has 0 radical (unpaired) electrons. The standard InChI is InChI=1S/C10H19N3O/c1-8-7-9(13(3)12-8)10(14-4)5-6-11-2/h7,10-11H,5-6H2,1-4H3. The van der Waals surface area contributed by atoms with Crippen molar-refractivity contribution < 1.29 is 4.74 Å². The van der Waals surface area contributed by atoms with Gasteiger partial charge in [-0.05, 0) is 33.0 Å². The second-order valence-electron chi connectivity index (χ2n) is 3.45. The molecule has 4 heteroatoms. The lowest BCUT2D eigenvalue weighted by Crippen LogP contribution is -2.15. The van der Waals surface area contributed by atoms with Crippen LogP contribution in [0.15, 0.2) is 6.07 Å². The van der Waals surface area contributed by atoms with Gasteiger partial charge in [-0.1, -0.05) is 0 Å². The van der Waals surface area contributed by atoms with Gasteiger partial charge in [0, 0.05) is 14.2 Å². The van der Waals surface area contributed by atoms with Crippen molar-refractivity contribution in [1.29, 1.82) is 0 Å². The third kappa shape index (κ3) is 2.56. The van der Waals surface area contributed by atoms with E-state index in [0.29, 0.717) is 0 Å². The summed E-state index contributed by atoms with van der Waals surface area (Å²) in [5.74, 6) is 0. The molecule has 0 aliphatic heterocycles. The van der Waals surface area contributed by atoms with Crippen molar-refractivity contribution in [3.05, 3.63) is 17.5 Å². The van der Waals surface area contributed by atoms with Crippen LogP contribution < -0.4 is 5.32 Å². The van der Waals surface area contributed by atoms with Crippen LogP contribution in [0.4, 0.5) is 0 Å². The summed E-state index contributed by atoms with van der Waals surface area (Å²) in [6.07, 6.45) is 1.10. The van der Waals surface area contributed by atoms with Crippen molar-refractivity contribution in [2.45, 2.75) is 19.4 Å². The van der Waals surface area contributed by atoms with E-state index < -0.39 is 0 Å². The highest BCUT2D eigenvalue weighted by atomic mass is 16.5. The van der Waals surface area contributed by atoms with Crippen LogP contribution in [0.25, 0.3) is 0 Å². The van der Waals surface area contributed by atoms with Crippen LogP contribution in [0.2, 0.25) is 0 Å². The molecule has 1 aromatic heterocycles. The Morgan fingerprint density at radius 3 is 2.79 bits per heavy atom. The van der Waals surface area contributed by atoms with Gasteiger partial charge < -0.3 is 10.1 Å². The van der Waals surface area contributed by atoms with Gasteiger partial charge >= 0.3 is 0 Å². The SMILES string of the molecule is CNCCC(OC)c1cc(C)nn1C. The van der Waals surface area contributed by atoms with E-state index in [1.165, 1.54) is 0 Å². The first-order chi connectivity index (χ1) is 6.69. The maximum absolute atomic E-state index is 5.43. The molecule has 4 nitrogen and oxygen atoms in total. The highest BCUT2D eigenvalue weighted by Crippen LogP contribution is 2.19. The van der Waals surface area contributed by atoms with Gasteiger partial charge in [0.1, 0.15) is 0 Å². The average Bonchev–Trinajstić information content (AvgIpc) is 2.47. The first kappa shape index (κ1) is 11.2. The van der Waals surface area contributed by atoms with Gasteiger partial charge in [0.25, 0.3) is 0 Å². The van der Waals surface area contributed by atoms with Crippen molar-refractivity contribution in [1.82, 2.24) is 15.1 Å². The Morgan fingerprint density at radius 1 is 1.64 bits per heavy atom. The molecule has 1 aromatic rings. The number of aromatic nitrogens is 2. The minimum absolute atomic E-state index is 0.133. The smallest absolute Gasteiger partial charge is 0.0999 e. The van der Waals surface area contributed by atoms with Gasteiger partial charge in [0.2, 0.25) is 0 Å². The van der Waals surface area contributed by atoms with Crippen molar-refractivity contribution in [3.63, 3.8) is 0 Å². The Hall–Kier alpha value is -0.870. The topological polar surface area (TPSA) is 39.1 Å². The van der Waals surface area contributed by atoms with E-state index in [0.717, 1.165) is 24.4 Å². The third-order valence-electron chi connectivity index (χ3n) is 2.31. The molecule has 0 spiro atoms. The molecular weight excluding hydrogens is 178 g/mol. The zero-order valence-electron chi connectivity index (χ0n) is 9.37. The Morgan fingerprint density at radius 2 is 2.36 bits per heavy atom. The fourth-order valence-corrected chi connectivity index (χ4v) is 1.59. The second-order valence-corrected chi connectivity index (χ2v) is 3.45. The summed E-state index contributed by atoms with van der Waals surface area (Å²) in [5.41, 5.74) is 2.18. The van der Waals surface area contributed by atoms with Crippen molar-refractivity contribution in [2.75, 3.05) is 20.7 Å². The van der Waals surface area contributed by atoms with E-state index in [2.05, 4.69) is 16.5 Å². The van der Waals surface area contributed by atoms with Gasteiger partial charge in [-0.3, -0.25) is 4.68 Å². The van der Waals surface area contributed by atoms with Gasteiger partial charge in [-0.25, -0.2) is 0 Å². The summed E-state index contributed by atoms with van der Waals surface area (Å²) in [6, 6.07) is 2.07. The molecule has 1 N–H and O–H groups in total. The first-order valence-electron chi connectivity index (χ1n) is 4.87. The fourth-order valence-electron chi connectivity index (χ4n) is 1.59. The number of hydrogen-bond donors (Lipinski definition) is 1. The first-order valence-corrected chi connectivity index (χ1v) is 4.87. The van der Waals surface area contributed by atoms with Crippen molar-refractivity contribution >= 4 is 0 Å². The minimum atomic E-state index is 0.133. The molecule has 0 aliphatic rings. The third-order valence-corrected chi connectivity index (χ3v) is 2.31. The number of hydrogen-bond acceptors (Lipinski definition) is 3. The highest BCUT2D eigenvalue weighted by Gasteiger charge is 2.14. The predicted molar refractivity (Wildman–Crippen MR) is 56.2 cm³/mol. The summed E-state index contributed by atoms with van der Waals surface area (Å²) in [5, 5.41) is 7.42. The number of ether oxygens (including phenoxy) is 1. The summed E-state index contributed by atoms with van der Waals surface area (Å²) < 4.78 is 7.32. The Labute approximate surface area is 85.3 Å². The molecule has 1 heterocycles. The number of nitrogens with zero attached hydrogens (tertiary/aromatic N) is 2. The molecule has 0 aliphatic carbocycles. The predicted octanol–water partition coefficient (Wildman–Crippen LogP) is 1.03. The van der Waals surface area contributed by atoms with Gasteiger partial charge in [-0.15, -0.1) is 0 Å². The Bertz CT molecular complexity index is 283. The van der Waals surface area contributed by atoms with Crippen LogP contribution in [0, 0.1) is 6.92 Å². The Kier molecular flexibility index (Phi) is 4.10. The lowest BCUT2D eigenvalue weighted by molar-refractivity contribution is 0.0893. The average molecular weight is 197 g/mol. The van der Waals surface area contributed by atoms with E-state index in [1.807, 2.05) is 25.7 Å². The molecule has 0 fully saturated rings. The van der Waals surface area contributed by atoms with Crippen molar-refractivity contribution in [2.24, 2.45) is 7.05 Å². The van der Waals surface area contributed by atoms with E-state index in [4.69, 9.17) is 4.74 Å². The molecule has 1 rings (SSSR count). The zero-order chi connectivity index (χ0) is 10.6. The van der Waals surface area contributed by atoms with E-state index >= 15 is 0 Å². The Balaban J connectivity index is 2.72. The lowest BCUT2D eigenvalue weighted by atomic mass is 10.1. The van der Waals surface area contributed by atoms with Crippen LogP contribution >= 0.6 is 0 Å². The minimum Gasteiger partial charge on any atom is -0.375 e. The van der Waals surface area contributed by atoms with Crippen LogP contribution in [-0.2, 0) is 11.8 Å². The quantitative estimate of drug-likeness (QED) is 0.766. The molecule has 0 saturated carbocycles. The molecule has 1 unspecified atom stereocenters. The molecule has 0 saturated heterocycles. The van der Waals surface area contributed by atoms with Crippen molar-refractivity contribution in [3.8, 4) is 0 Å². The highest BCUT2D eigenvalue weighted by molar-refractivity contribution is 5.11. The number of rotatable bonds is 5. The molecule has 0 amide bonds. The molecule has 0 bridgehead atoms. The monoisotopic (exact) mass is 197 g/mol. The van der Waals surface area contributed by atoms with Crippen LogP contribution in [0.5, 0.6) is 0 Å². The molecule has 0 aromatic carbocycles. The van der Waals surface area contributed by atoms with Gasteiger partial charge in [0.05, 0.1) is 17.5 Å². The fraction of sp³-hybridized carbons (Fsp3) is 0.700. The van der Waals surface area contributed by atoms with Gasteiger partial charge in [0.15, 0.2) is 0 Å². The van der Waals surface area contributed by atoms with E-state index in [9.17, 15) is 0 Å². The number of nitrogens with one attached hydrogen (secondary N) is 1. The second kappa shape index (κ2) is 5.12. The normalized spacial score (nSPS) is 13.1. The van der Waals surface area contributed by atoms with E-state index in [1.54, 1.807) is 7.11 Å². The number of methoxy groups -OCH3 is 1. The maximum atomic E-state index is 5.43. The summed E-state index contributed by atoms with van der Waals surface area (Å²) in [4.78, 5) is 0.